The highest BCUT2D eigenvalue weighted by atomic mass is 79.9. The van der Waals surface area contributed by atoms with E-state index in [4.69, 9.17) is 15.2 Å². The third-order valence-electron chi connectivity index (χ3n) is 2.40. The van der Waals surface area contributed by atoms with E-state index < -0.39 is 0 Å². The van der Waals surface area contributed by atoms with Gasteiger partial charge in [-0.1, -0.05) is 35.8 Å². The maximum Gasteiger partial charge on any atom is 0.125 e. The highest BCUT2D eigenvalue weighted by Crippen LogP contribution is 2.27. The number of rotatable bonds is 7. The van der Waals surface area contributed by atoms with Crippen LogP contribution in [0.25, 0.3) is 0 Å². The lowest BCUT2D eigenvalue weighted by Gasteiger charge is -2.15. The van der Waals surface area contributed by atoms with Gasteiger partial charge in [-0.3, -0.25) is 0 Å². The zero-order valence-corrected chi connectivity index (χ0v) is 12.9. The zero-order valence-electron chi connectivity index (χ0n) is 11.3. The summed E-state index contributed by atoms with van der Waals surface area (Å²) < 4.78 is 12.2. The Hall–Kier alpha value is -0.580. The molecular weight excluding hydrogens is 294 g/mol. The van der Waals surface area contributed by atoms with Crippen molar-refractivity contribution in [2.45, 2.75) is 26.8 Å². The van der Waals surface area contributed by atoms with Crippen molar-refractivity contribution in [1.82, 2.24) is 0 Å². The molecule has 0 unspecified atom stereocenters. The molecule has 102 valence electrons. The van der Waals surface area contributed by atoms with Crippen molar-refractivity contribution in [3.63, 3.8) is 0 Å². The molecule has 1 aromatic rings. The summed E-state index contributed by atoms with van der Waals surface area (Å²) in [5, 5.41) is 0. The number of ether oxygens (including phenoxy) is 2. The van der Waals surface area contributed by atoms with Crippen LogP contribution in [0.2, 0.25) is 0 Å². The fourth-order valence-corrected chi connectivity index (χ4v) is 1.88. The highest BCUT2D eigenvalue weighted by Gasteiger charge is 2.08. The quantitative estimate of drug-likeness (QED) is 0.783. The lowest BCUT2D eigenvalue weighted by atomic mass is 10.1. The van der Waals surface area contributed by atoms with Crippen LogP contribution < -0.4 is 10.5 Å². The van der Waals surface area contributed by atoms with Gasteiger partial charge in [0.15, 0.2) is 0 Å². The van der Waals surface area contributed by atoms with Crippen molar-refractivity contribution < 1.29 is 9.47 Å². The Morgan fingerprint density at radius 3 is 2.56 bits per heavy atom. The lowest BCUT2D eigenvalue weighted by Crippen LogP contribution is -2.13. The van der Waals surface area contributed by atoms with Crippen molar-refractivity contribution in [3.05, 3.63) is 28.2 Å². The molecule has 0 aliphatic rings. The van der Waals surface area contributed by atoms with Crippen LogP contribution in [0.3, 0.4) is 0 Å². The average Bonchev–Trinajstić information content (AvgIpc) is 2.27. The molecule has 0 aliphatic carbocycles. The zero-order chi connectivity index (χ0) is 13.5. The van der Waals surface area contributed by atoms with E-state index in [9.17, 15) is 0 Å². The van der Waals surface area contributed by atoms with Gasteiger partial charge in [0.25, 0.3) is 0 Å². The lowest BCUT2D eigenvalue weighted by molar-refractivity contribution is 0.0815. The summed E-state index contributed by atoms with van der Waals surface area (Å²) in [7, 11) is 0. The predicted octanol–water partition coefficient (Wildman–Crippen LogP) is 3.52. The summed E-state index contributed by atoms with van der Waals surface area (Å²) in [6, 6.07) is 5.87. The van der Waals surface area contributed by atoms with Gasteiger partial charge in [-0.2, -0.15) is 0 Å². The van der Waals surface area contributed by atoms with Crippen LogP contribution in [-0.2, 0) is 4.74 Å². The number of hydrogen-bond donors (Lipinski definition) is 1. The summed E-state index contributed by atoms with van der Waals surface area (Å²) in [4.78, 5) is 0. The number of nitrogens with two attached hydrogens (primary N) is 1. The van der Waals surface area contributed by atoms with Crippen LogP contribution in [0.15, 0.2) is 22.7 Å². The molecular formula is C14H22BrNO2. The van der Waals surface area contributed by atoms with Crippen LogP contribution in [0.4, 0.5) is 0 Å². The molecule has 0 bridgehead atoms. The molecule has 0 spiro atoms. The van der Waals surface area contributed by atoms with Gasteiger partial charge in [-0.25, -0.2) is 0 Å². The molecule has 1 rings (SSSR count). The van der Waals surface area contributed by atoms with Crippen LogP contribution >= 0.6 is 15.9 Å². The van der Waals surface area contributed by atoms with E-state index in [-0.39, 0.29) is 6.04 Å². The first-order chi connectivity index (χ1) is 8.50. The van der Waals surface area contributed by atoms with Gasteiger partial charge in [0.2, 0.25) is 0 Å². The van der Waals surface area contributed by atoms with Crippen molar-refractivity contribution in [2.24, 2.45) is 11.7 Å². The Balaban J connectivity index is 2.48. The second kappa shape index (κ2) is 7.77. The Morgan fingerprint density at radius 2 is 1.94 bits per heavy atom. The van der Waals surface area contributed by atoms with Gasteiger partial charge in [0.1, 0.15) is 12.4 Å². The molecule has 0 aliphatic heterocycles. The fourth-order valence-electron chi connectivity index (χ4n) is 1.54. The van der Waals surface area contributed by atoms with Crippen molar-refractivity contribution in [1.29, 1.82) is 0 Å². The molecule has 1 atom stereocenters. The Kier molecular flexibility index (Phi) is 6.68. The third-order valence-corrected chi connectivity index (χ3v) is 2.90. The largest absolute Gasteiger partial charge is 0.491 e. The number of hydrogen-bond acceptors (Lipinski definition) is 3. The Labute approximate surface area is 118 Å². The van der Waals surface area contributed by atoms with E-state index in [1.807, 2.05) is 25.1 Å². The molecule has 0 saturated heterocycles. The fraction of sp³-hybridized carbons (Fsp3) is 0.571. The summed E-state index contributed by atoms with van der Waals surface area (Å²) in [5.74, 6) is 1.38. The van der Waals surface area contributed by atoms with Crippen LogP contribution in [-0.4, -0.2) is 19.8 Å². The molecule has 0 heterocycles. The van der Waals surface area contributed by atoms with Gasteiger partial charge in [-0.15, -0.1) is 0 Å². The van der Waals surface area contributed by atoms with Gasteiger partial charge >= 0.3 is 0 Å². The van der Waals surface area contributed by atoms with E-state index in [1.165, 1.54) is 0 Å². The normalized spacial score (nSPS) is 12.8. The van der Waals surface area contributed by atoms with E-state index in [0.29, 0.717) is 19.1 Å². The summed E-state index contributed by atoms with van der Waals surface area (Å²) in [5.41, 5.74) is 6.92. The van der Waals surface area contributed by atoms with E-state index in [2.05, 4.69) is 29.8 Å². The molecule has 0 aromatic heterocycles. The summed E-state index contributed by atoms with van der Waals surface area (Å²) in [6.45, 7) is 8.12. The van der Waals surface area contributed by atoms with Crippen LogP contribution in [0.1, 0.15) is 32.4 Å². The molecule has 18 heavy (non-hydrogen) atoms. The van der Waals surface area contributed by atoms with Gasteiger partial charge in [0.05, 0.1) is 6.61 Å². The summed E-state index contributed by atoms with van der Waals surface area (Å²) in [6.07, 6.45) is 0. The topological polar surface area (TPSA) is 44.5 Å². The molecule has 0 amide bonds. The van der Waals surface area contributed by atoms with Crippen molar-refractivity contribution >= 4 is 15.9 Å². The van der Waals surface area contributed by atoms with Crippen molar-refractivity contribution in [3.8, 4) is 5.75 Å². The van der Waals surface area contributed by atoms with E-state index >= 15 is 0 Å². The van der Waals surface area contributed by atoms with Crippen molar-refractivity contribution in [2.75, 3.05) is 19.8 Å². The van der Waals surface area contributed by atoms with Gasteiger partial charge < -0.3 is 15.2 Å². The van der Waals surface area contributed by atoms with E-state index in [1.54, 1.807) is 0 Å². The standard InChI is InChI=1S/C14H22BrNO2/c1-10(2)9-17-6-7-18-14-8-12(15)4-5-13(14)11(3)16/h4-5,8,10-11H,6-7,9,16H2,1-3H3/t11-/m0/s1. The predicted molar refractivity (Wildman–Crippen MR) is 77.9 cm³/mol. The summed E-state index contributed by atoms with van der Waals surface area (Å²) >= 11 is 3.44. The van der Waals surface area contributed by atoms with Gasteiger partial charge in [0, 0.05) is 22.7 Å². The molecule has 3 nitrogen and oxygen atoms in total. The first-order valence-electron chi connectivity index (χ1n) is 6.26. The molecule has 0 radical (unpaired) electrons. The van der Waals surface area contributed by atoms with E-state index in [0.717, 1.165) is 22.4 Å². The maximum atomic E-state index is 5.91. The molecule has 0 saturated carbocycles. The minimum atomic E-state index is -0.0373. The Morgan fingerprint density at radius 1 is 1.22 bits per heavy atom. The molecule has 0 fully saturated rings. The maximum absolute atomic E-state index is 5.91. The first-order valence-corrected chi connectivity index (χ1v) is 7.05. The van der Waals surface area contributed by atoms with Crippen LogP contribution in [0, 0.1) is 5.92 Å². The molecule has 1 aromatic carbocycles. The SMILES string of the molecule is CC(C)COCCOc1cc(Br)ccc1[C@H](C)N. The minimum Gasteiger partial charge on any atom is -0.491 e. The average molecular weight is 316 g/mol. The number of benzene rings is 1. The van der Waals surface area contributed by atoms with Crippen LogP contribution in [0.5, 0.6) is 5.75 Å². The second-order valence-electron chi connectivity index (χ2n) is 4.79. The van der Waals surface area contributed by atoms with Gasteiger partial charge in [-0.05, 0) is 25.0 Å². The second-order valence-corrected chi connectivity index (χ2v) is 5.70. The minimum absolute atomic E-state index is 0.0373. The smallest absolute Gasteiger partial charge is 0.125 e. The number of halogens is 1. The third kappa shape index (κ3) is 5.38. The molecule has 2 N–H and O–H groups in total. The Bertz CT molecular complexity index is 367. The monoisotopic (exact) mass is 315 g/mol. The highest BCUT2D eigenvalue weighted by molar-refractivity contribution is 9.10. The first kappa shape index (κ1) is 15.5. The molecule has 4 heteroatoms.